The summed E-state index contributed by atoms with van der Waals surface area (Å²) in [5.41, 5.74) is -0.650. The fourth-order valence-corrected chi connectivity index (χ4v) is 6.34. The van der Waals surface area contributed by atoms with E-state index in [1.807, 2.05) is 18.7 Å². The van der Waals surface area contributed by atoms with Gasteiger partial charge in [0.2, 0.25) is 5.91 Å². The van der Waals surface area contributed by atoms with Crippen LogP contribution in [0, 0.1) is 24.4 Å². The molecule has 2 aliphatic rings. The molecule has 4 aromatic rings. The molecule has 5 heterocycles. The molecule has 0 aliphatic carbocycles. The number of rotatable bonds is 4. The molecule has 10 nitrogen and oxygen atoms in total. The lowest BCUT2D eigenvalue weighted by atomic mass is 10.0. The van der Waals surface area contributed by atoms with E-state index >= 15 is 8.78 Å². The van der Waals surface area contributed by atoms with Crippen molar-refractivity contribution in [3.8, 4) is 22.7 Å². The first-order valence-corrected chi connectivity index (χ1v) is 14.6. The highest BCUT2D eigenvalue weighted by atomic mass is 19.2. The SMILES string of the molecule is C=CC(=O)N1CCN2c3nc(=O)n(-c4c(C)ccnc4C(C)C)c4nc(-c5c(O)ccc(F)c5F)c(F)c(c34)N(C)CCC2C1. The van der Waals surface area contributed by atoms with Gasteiger partial charge >= 0.3 is 5.69 Å². The quantitative estimate of drug-likeness (QED) is 0.334. The molecule has 6 rings (SSSR count). The molecule has 1 fully saturated rings. The van der Waals surface area contributed by atoms with Gasteiger partial charge in [-0.05, 0) is 49.1 Å². The van der Waals surface area contributed by atoms with Crippen molar-refractivity contribution < 1.29 is 23.1 Å². The van der Waals surface area contributed by atoms with Crippen molar-refractivity contribution in [3.63, 3.8) is 0 Å². The Hall–Kier alpha value is -4.94. The van der Waals surface area contributed by atoms with E-state index in [0.717, 1.165) is 12.1 Å². The van der Waals surface area contributed by atoms with Crippen LogP contribution in [0.1, 0.15) is 37.4 Å². The number of piperazine rings is 1. The topological polar surface area (TPSA) is 108 Å². The highest BCUT2D eigenvalue weighted by molar-refractivity contribution is 6.02. The number of carbonyl (C=O) groups excluding carboxylic acids is 1. The molecule has 13 heteroatoms. The number of benzene rings is 1. The van der Waals surface area contributed by atoms with Gasteiger partial charge in [-0.3, -0.25) is 9.78 Å². The van der Waals surface area contributed by atoms with Gasteiger partial charge in [-0.1, -0.05) is 20.4 Å². The number of anilines is 2. The van der Waals surface area contributed by atoms with Crippen molar-refractivity contribution in [2.75, 3.05) is 43.0 Å². The molecule has 45 heavy (non-hydrogen) atoms. The Morgan fingerprint density at radius 2 is 1.84 bits per heavy atom. The van der Waals surface area contributed by atoms with Gasteiger partial charge < -0.3 is 19.8 Å². The minimum Gasteiger partial charge on any atom is -0.507 e. The molecular weight excluding hydrogens is 587 g/mol. The van der Waals surface area contributed by atoms with E-state index in [-0.39, 0.29) is 40.4 Å². The van der Waals surface area contributed by atoms with Gasteiger partial charge in [0.1, 0.15) is 17.3 Å². The fraction of sp³-hybridized carbons (Fsp3) is 0.344. The van der Waals surface area contributed by atoms with Crippen molar-refractivity contribution in [1.82, 2.24) is 24.4 Å². The Balaban J connectivity index is 1.76. The molecule has 1 unspecified atom stereocenters. The second kappa shape index (κ2) is 11.2. The van der Waals surface area contributed by atoms with Gasteiger partial charge in [-0.15, -0.1) is 0 Å². The number of carbonyl (C=O) groups is 1. The highest BCUT2D eigenvalue weighted by Crippen LogP contribution is 2.44. The third-order valence-electron chi connectivity index (χ3n) is 8.58. The number of pyridine rings is 2. The molecule has 0 radical (unpaired) electrons. The summed E-state index contributed by atoms with van der Waals surface area (Å²) < 4.78 is 47.8. The van der Waals surface area contributed by atoms with Crippen LogP contribution < -0.4 is 15.5 Å². The average Bonchev–Trinajstić information content (AvgIpc) is 3.01. The van der Waals surface area contributed by atoms with Crippen LogP contribution in [-0.2, 0) is 4.79 Å². The molecule has 0 spiro atoms. The minimum absolute atomic E-state index is 0.0370. The standard InChI is InChI=1S/C32H32F3N7O3/c1-6-21(44)40-13-14-41-18(15-40)10-12-39(5)29-23-30(41)38-32(45)42(28-17(4)9-11-36-26(28)16(2)3)31(23)37-27(25(29)35)22-20(43)8-7-19(33)24(22)34/h6-9,11,16,18,43H,1,10,12-15H2,2-5H3. The summed E-state index contributed by atoms with van der Waals surface area (Å²) in [7, 11) is 1.64. The normalized spacial score (nSPS) is 16.5. The Kier molecular flexibility index (Phi) is 7.50. The first-order valence-electron chi connectivity index (χ1n) is 14.6. The zero-order valence-corrected chi connectivity index (χ0v) is 25.3. The van der Waals surface area contributed by atoms with Crippen molar-refractivity contribution >= 4 is 28.4 Å². The number of aromatic nitrogens is 4. The van der Waals surface area contributed by atoms with E-state index < -0.39 is 40.1 Å². The van der Waals surface area contributed by atoms with Gasteiger partial charge in [-0.25, -0.2) is 27.5 Å². The lowest BCUT2D eigenvalue weighted by Gasteiger charge is -2.44. The minimum atomic E-state index is -1.48. The van der Waals surface area contributed by atoms with Crippen LogP contribution in [0.5, 0.6) is 5.75 Å². The molecular formula is C32H32F3N7O3. The smallest absolute Gasteiger partial charge is 0.355 e. The van der Waals surface area contributed by atoms with Crippen LogP contribution >= 0.6 is 0 Å². The maximum atomic E-state index is 16.8. The van der Waals surface area contributed by atoms with Crippen LogP contribution in [0.3, 0.4) is 0 Å². The fourth-order valence-electron chi connectivity index (χ4n) is 6.34. The van der Waals surface area contributed by atoms with Crippen LogP contribution in [0.2, 0.25) is 0 Å². The van der Waals surface area contributed by atoms with Crippen molar-refractivity contribution in [1.29, 1.82) is 0 Å². The maximum Gasteiger partial charge on any atom is 0.355 e. The molecule has 3 aromatic heterocycles. The Morgan fingerprint density at radius 3 is 2.56 bits per heavy atom. The van der Waals surface area contributed by atoms with E-state index in [2.05, 4.69) is 21.5 Å². The molecule has 0 bridgehead atoms. The number of halogens is 3. The summed E-state index contributed by atoms with van der Waals surface area (Å²) in [5, 5.41) is 10.8. The number of hydrogen-bond donors (Lipinski definition) is 1. The third kappa shape index (κ3) is 4.77. The molecule has 1 saturated heterocycles. The Morgan fingerprint density at radius 1 is 1.09 bits per heavy atom. The van der Waals surface area contributed by atoms with E-state index in [0.29, 0.717) is 49.5 Å². The van der Waals surface area contributed by atoms with E-state index in [1.54, 1.807) is 36.0 Å². The van der Waals surface area contributed by atoms with Crippen LogP contribution in [0.25, 0.3) is 28.0 Å². The number of amides is 1. The van der Waals surface area contributed by atoms with Gasteiger partial charge in [0.25, 0.3) is 0 Å². The average molecular weight is 620 g/mol. The number of nitrogens with zero attached hydrogens (tertiary/aromatic N) is 7. The van der Waals surface area contributed by atoms with Gasteiger partial charge in [-0.2, -0.15) is 4.98 Å². The number of fused-ring (bicyclic) bond motifs is 2. The predicted octanol–water partition coefficient (Wildman–Crippen LogP) is 4.44. The first kappa shape index (κ1) is 30.1. The molecule has 0 saturated carbocycles. The van der Waals surface area contributed by atoms with Crippen LogP contribution in [0.15, 0.2) is 41.8 Å². The van der Waals surface area contributed by atoms with E-state index in [4.69, 9.17) is 0 Å². The van der Waals surface area contributed by atoms with Gasteiger partial charge in [0.05, 0.1) is 28.0 Å². The van der Waals surface area contributed by atoms with Gasteiger partial charge in [0, 0.05) is 45.5 Å². The van der Waals surface area contributed by atoms with Crippen LogP contribution in [-0.4, -0.2) is 74.7 Å². The molecule has 234 valence electrons. The predicted molar refractivity (Wildman–Crippen MR) is 165 cm³/mol. The third-order valence-corrected chi connectivity index (χ3v) is 8.58. The zero-order chi connectivity index (χ0) is 32.3. The molecule has 2 aliphatic heterocycles. The van der Waals surface area contributed by atoms with Crippen LogP contribution in [0.4, 0.5) is 24.7 Å². The number of phenolic OH excluding ortho intramolecular Hbond substituents is 1. The lowest BCUT2D eigenvalue weighted by Crippen LogP contribution is -2.56. The second-order valence-electron chi connectivity index (χ2n) is 11.7. The van der Waals surface area contributed by atoms with E-state index in [1.165, 1.54) is 10.6 Å². The summed E-state index contributed by atoms with van der Waals surface area (Å²) in [6.07, 6.45) is 3.33. The number of aromatic hydroxyl groups is 1. The van der Waals surface area contributed by atoms with Crippen molar-refractivity contribution in [2.24, 2.45) is 0 Å². The van der Waals surface area contributed by atoms with E-state index in [9.17, 15) is 19.1 Å². The molecule has 1 amide bonds. The maximum absolute atomic E-state index is 16.8. The summed E-state index contributed by atoms with van der Waals surface area (Å²) in [6.45, 7) is 10.4. The zero-order valence-electron chi connectivity index (χ0n) is 25.3. The summed E-state index contributed by atoms with van der Waals surface area (Å²) in [4.78, 5) is 45.4. The monoisotopic (exact) mass is 619 g/mol. The number of hydrogen-bond acceptors (Lipinski definition) is 8. The van der Waals surface area contributed by atoms with Gasteiger partial charge in [0.15, 0.2) is 23.1 Å². The van der Waals surface area contributed by atoms with Crippen molar-refractivity contribution in [2.45, 2.75) is 39.2 Å². The highest BCUT2D eigenvalue weighted by Gasteiger charge is 2.37. The molecule has 1 N–H and O–H groups in total. The lowest BCUT2D eigenvalue weighted by molar-refractivity contribution is -0.126. The summed E-state index contributed by atoms with van der Waals surface area (Å²) in [6, 6.07) is 3.11. The summed E-state index contributed by atoms with van der Waals surface area (Å²) >= 11 is 0. The Bertz CT molecular complexity index is 1940. The Labute approximate surface area is 257 Å². The molecule has 1 aromatic carbocycles. The molecule has 1 atom stereocenters. The summed E-state index contributed by atoms with van der Waals surface area (Å²) in [5.74, 6) is -4.70. The first-order chi connectivity index (χ1) is 21.4. The number of phenols is 1. The second-order valence-corrected chi connectivity index (χ2v) is 11.7. The number of aryl methyl sites for hydroxylation is 1. The van der Waals surface area contributed by atoms with Crippen molar-refractivity contribution in [3.05, 3.63) is 76.2 Å². The largest absolute Gasteiger partial charge is 0.507 e.